The van der Waals surface area contributed by atoms with Crippen LogP contribution in [0.4, 0.5) is 0 Å². The summed E-state index contributed by atoms with van der Waals surface area (Å²) >= 11 is 0. The summed E-state index contributed by atoms with van der Waals surface area (Å²) in [6.07, 6.45) is 7.77. The van der Waals surface area contributed by atoms with E-state index >= 15 is 0 Å². The number of rotatable bonds is 7. The Morgan fingerprint density at radius 3 is 2.38 bits per heavy atom. The predicted octanol–water partition coefficient (Wildman–Crippen LogP) is 4.34. The zero-order valence-corrected chi connectivity index (χ0v) is 28.4. The maximum absolute atomic E-state index is 14.5. The monoisotopic (exact) mass is 682 g/mol. The number of amides is 1. The van der Waals surface area contributed by atoms with Crippen molar-refractivity contribution in [2.45, 2.75) is 74.5 Å². The third-order valence-corrected chi connectivity index (χ3v) is 15.3. The molecule has 1 amide bonds. The minimum Gasteiger partial charge on any atom is -0.497 e. The van der Waals surface area contributed by atoms with Gasteiger partial charge in [-0.15, -0.1) is 0 Å². The summed E-state index contributed by atoms with van der Waals surface area (Å²) in [5.74, 6) is 0.0971. The van der Waals surface area contributed by atoms with Crippen molar-refractivity contribution in [2.24, 2.45) is 0 Å². The molecule has 0 spiro atoms. The lowest BCUT2D eigenvalue weighted by Crippen LogP contribution is -2.48. The van der Waals surface area contributed by atoms with Gasteiger partial charge in [-0.2, -0.15) is 12.7 Å². The number of fused-ring (bicyclic) bond motifs is 7. The van der Waals surface area contributed by atoms with E-state index in [1.54, 1.807) is 23.5 Å². The summed E-state index contributed by atoms with van der Waals surface area (Å²) in [6, 6.07) is 11.4. The molecule has 3 aliphatic heterocycles. The first-order valence-electron chi connectivity index (χ1n) is 16.9. The molecule has 3 aromatic rings. The summed E-state index contributed by atoms with van der Waals surface area (Å²) in [7, 11) is -6.09. The maximum atomic E-state index is 14.5. The standard InChI is InChI=1S/C34H42N4O7S2/c1-44-25-10-12-26-28(20-25)29-21-34(29,46(40,41)36-13-5-6-14-36)22-38-30-19-24(33(39)35-47(42,43)37-15-17-45-18-16-37)9-11-27(30)31(32(26)38)23-7-3-2-4-8-23/h9-12,19-20,23,29H,2-8,13-18,21-22H2,1H3,(H,35,39). The zero-order chi connectivity index (χ0) is 32.6. The van der Waals surface area contributed by atoms with Gasteiger partial charge in [-0.3, -0.25) is 4.79 Å². The minimum atomic E-state index is -4.06. The van der Waals surface area contributed by atoms with Crippen LogP contribution in [0.25, 0.3) is 22.2 Å². The molecule has 47 heavy (non-hydrogen) atoms. The Labute approximate surface area is 276 Å². The smallest absolute Gasteiger partial charge is 0.304 e. The fraction of sp³-hybridized carbons (Fsp3) is 0.559. The van der Waals surface area contributed by atoms with E-state index in [1.165, 1.54) is 16.3 Å². The molecule has 2 saturated heterocycles. The number of carbonyl (C=O) groups excluding carboxylic acids is 1. The topological polar surface area (TPSA) is 127 Å². The van der Waals surface area contributed by atoms with E-state index in [2.05, 4.69) is 15.4 Å². The second-order valence-corrected chi connectivity index (χ2v) is 17.7. The van der Waals surface area contributed by atoms with E-state index in [1.807, 2.05) is 18.2 Å². The van der Waals surface area contributed by atoms with Gasteiger partial charge in [0.15, 0.2) is 0 Å². The van der Waals surface area contributed by atoms with Crippen molar-refractivity contribution < 1.29 is 31.1 Å². The van der Waals surface area contributed by atoms with E-state index in [0.29, 0.717) is 31.2 Å². The molecule has 5 aliphatic rings. The summed E-state index contributed by atoms with van der Waals surface area (Å²) in [5, 5.41) is 0.995. The largest absolute Gasteiger partial charge is 0.497 e. The molecule has 4 fully saturated rings. The van der Waals surface area contributed by atoms with Crippen LogP contribution in [0.3, 0.4) is 0 Å². The Morgan fingerprint density at radius 1 is 0.915 bits per heavy atom. The van der Waals surface area contributed by atoms with Crippen LogP contribution >= 0.6 is 0 Å². The Hall–Kier alpha value is -2.97. The normalized spacial score (nSPS) is 25.5. The highest BCUT2D eigenvalue weighted by Gasteiger charge is 2.67. The van der Waals surface area contributed by atoms with Crippen molar-refractivity contribution in [3.8, 4) is 17.0 Å². The second-order valence-electron chi connectivity index (χ2n) is 13.7. The second kappa shape index (κ2) is 11.6. The number of aromatic nitrogens is 1. The molecule has 1 N–H and O–H groups in total. The van der Waals surface area contributed by atoms with Gasteiger partial charge in [-0.05, 0) is 79.5 Å². The van der Waals surface area contributed by atoms with E-state index < -0.39 is 30.9 Å². The molecule has 2 unspecified atom stereocenters. The van der Waals surface area contributed by atoms with Gasteiger partial charge in [-0.25, -0.2) is 17.4 Å². The van der Waals surface area contributed by atoms with Crippen LogP contribution in [0.15, 0.2) is 36.4 Å². The molecule has 2 atom stereocenters. The number of hydrogen-bond donors (Lipinski definition) is 1. The third kappa shape index (κ3) is 5.03. The van der Waals surface area contributed by atoms with Crippen LogP contribution in [-0.4, -0.2) is 87.2 Å². The van der Waals surface area contributed by atoms with Gasteiger partial charge in [0.05, 0.1) is 26.0 Å². The highest BCUT2D eigenvalue weighted by molar-refractivity contribution is 7.91. The first-order chi connectivity index (χ1) is 22.6. The zero-order valence-electron chi connectivity index (χ0n) is 26.7. The SMILES string of the molecule is COc1ccc2c(c1)C1CC1(S(=O)(=O)N1CCCC1)Cn1c-2c(C2CCCCC2)c2ccc(C(=O)NS(=O)(=O)N3CCOCC3)cc21. The number of ether oxygens (including phenoxy) is 2. The van der Waals surface area contributed by atoms with Crippen molar-refractivity contribution in [3.63, 3.8) is 0 Å². The molecule has 2 aromatic carbocycles. The first kappa shape index (κ1) is 31.3. The van der Waals surface area contributed by atoms with Crippen LogP contribution in [0, 0.1) is 0 Å². The lowest BCUT2D eigenvalue weighted by Gasteiger charge is -2.26. The quantitative estimate of drug-likeness (QED) is 0.393. The average Bonchev–Trinajstić information content (AvgIpc) is 3.43. The average molecular weight is 683 g/mol. The number of nitrogens with zero attached hydrogens (tertiary/aromatic N) is 3. The molecule has 2 saturated carbocycles. The third-order valence-electron chi connectivity index (χ3n) is 11.2. The van der Waals surface area contributed by atoms with E-state index in [0.717, 1.165) is 66.2 Å². The molecule has 0 radical (unpaired) electrons. The van der Waals surface area contributed by atoms with Gasteiger partial charge in [0.2, 0.25) is 10.0 Å². The summed E-state index contributed by atoms with van der Waals surface area (Å²) in [6.45, 7) is 2.25. The number of methoxy groups -OCH3 is 1. The molecule has 1 aromatic heterocycles. The first-order valence-corrected chi connectivity index (χ1v) is 19.8. The van der Waals surface area contributed by atoms with Gasteiger partial charge >= 0.3 is 10.2 Å². The van der Waals surface area contributed by atoms with Crippen LogP contribution in [-0.2, 0) is 31.5 Å². The van der Waals surface area contributed by atoms with Crippen molar-refractivity contribution in [3.05, 3.63) is 53.1 Å². The Balaban J connectivity index is 1.31. The predicted molar refractivity (Wildman–Crippen MR) is 178 cm³/mol. The van der Waals surface area contributed by atoms with Crippen molar-refractivity contribution >= 4 is 37.0 Å². The Morgan fingerprint density at radius 2 is 1.66 bits per heavy atom. The molecule has 0 bridgehead atoms. The molecule has 8 rings (SSSR count). The molecule has 2 aliphatic carbocycles. The fourth-order valence-electron chi connectivity index (χ4n) is 8.65. The van der Waals surface area contributed by atoms with E-state index in [9.17, 15) is 21.6 Å². The maximum Gasteiger partial charge on any atom is 0.304 e. The highest BCUT2D eigenvalue weighted by atomic mass is 32.2. The minimum absolute atomic E-state index is 0.178. The number of benzene rings is 2. The van der Waals surface area contributed by atoms with Crippen LogP contribution in [0.2, 0.25) is 0 Å². The van der Waals surface area contributed by atoms with Gasteiger partial charge in [0.1, 0.15) is 10.5 Å². The van der Waals surface area contributed by atoms with Gasteiger partial charge < -0.3 is 14.0 Å². The Kier molecular flexibility index (Phi) is 7.71. The van der Waals surface area contributed by atoms with Crippen LogP contribution in [0.1, 0.15) is 84.7 Å². The van der Waals surface area contributed by atoms with Crippen LogP contribution < -0.4 is 9.46 Å². The molecular weight excluding hydrogens is 641 g/mol. The number of morpholine rings is 1. The number of sulfonamides is 1. The fourth-order valence-corrected chi connectivity index (χ4v) is 12.2. The lowest BCUT2D eigenvalue weighted by atomic mass is 9.81. The summed E-state index contributed by atoms with van der Waals surface area (Å²) < 4.78 is 72.5. The molecule has 11 nitrogen and oxygen atoms in total. The molecule has 4 heterocycles. The molecule has 252 valence electrons. The number of hydrogen-bond acceptors (Lipinski definition) is 7. The van der Waals surface area contributed by atoms with Crippen LogP contribution in [0.5, 0.6) is 5.75 Å². The van der Waals surface area contributed by atoms with Crippen molar-refractivity contribution in [1.29, 1.82) is 0 Å². The van der Waals surface area contributed by atoms with E-state index in [4.69, 9.17) is 9.47 Å². The van der Waals surface area contributed by atoms with Crippen molar-refractivity contribution in [2.75, 3.05) is 46.5 Å². The van der Waals surface area contributed by atoms with Gasteiger partial charge in [0, 0.05) is 60.7 Å². The highest BCUT2D eigenvalue weighted by Crippen LogP contribution is 2.64. The van der Waals surface area contributed by atoms with Gasteiger partial charge in [0.25, 0.3) is 5.91 Å². The van der Waals surface area contributed by atoms with Gasteiger partial charge in [-0.1, -0.05) is 25.3 Å². The molecule has 13 heteroatoms. The Bertz CT molecular complexity index is 1960. The number of carbonyl (C=O) groups is 1. The summed E-state index contributed by atoms with van der Waals surface area (Å²) in [5.41, 5.74) is 5.22. The molecular formula is C34H42N4O7S2. The summed E-state index contributed by atoms with van der Waals surface area (Å²) in [4.78, 5) is 13.6. The van der Waals surface area contributed by atoms with Crippen molar-refractivity contribution in [1.82, 2.24) is 17.9 Å². The van der Waals surface area contributed by atoms with E-state index in [-0.39, 0.29) is 44.3 Å². The lowest BCUT2D eigenvalue weighted by molar-refractivity contribution is 0.0719. The number of nitrogens with one attached hydrogen (secondary N) is 1.